The molecule has 0 fully saturated rings. The van der Waals surface area contributed by atoms with Gasteiger partial charge in [-0.2, -0.15) is 0 Å². The van der Waals surface area contributed by atoms with Gasteiger partial charge in [0, 0.05) is 4.90 Å². The van der Waals surface area contributed by atoms with Crippen molar-refractivity contribution in [2.75, 3.05) is 0 Å². The highest BCUT2D eigenvalue weighted by Gasteiger charge is 1.94. The highest BCUT2D eigenvalue weighted by atomic mass is 32.1. The van der Waals surface area contributed by atoms with Crippen molar-refractivity contribution in [1.82, 2.24) is 0 Å². The van der Waals surface area contributed by atoms with Crippen LogP contribution in [0.5, 0.6) is 5.75 Å². The van der Waals surface area contributed by atoms with Crippen LogP contribution in [0.15, 0.2) is 29.2 Å². The number of carbonyl (C=O) groups excluding carboxylic acids is 1. The van der Waals surface area contributed by atoms with E-state index in [1.54, 1.807) is 18.2 Å². The molecule has 0 N–H and O–H groups in total. The molecule has 0 unspecified atom stereocenters. The number of para-hydroxylation sites is 1. The lowest BCUT2D eigenvalue weighted by molar-refractivity contribution is -0.120. The van der Waals surface area contributed by atoms with E-state index in [4.69, 9.17) is 0 Å². The largest absolute Gasteiger partial charge is 0.428 e. The zero-order valence-corrected chi connectivity index (χ0v) is 6.04. The van der Waals surface area contributed by atoms with Gasteiger partial charge in [-0.05, 0) is 12.1 Å². The third kappa shape index (κ3) is 1.51. The van der Waals surface area contributed by atoms with E-state index in [0.717, 1.165) is 0 Å². The summed E-state index contributed by atoms with van der Waals surface area (Å²) in [6, 6.07) is 7.03. The summed E-state index contributed by atoms with van der Waals surface area (Å²) in [6.07, 6.45) is 0. The van der Waals surface area contributed by atoms with Crippen LogP contribution in [0.1, 0.15) is 0 Å². The van der Waals surface area contributed by atoms with Crippen LogP contribution >= 0.6 is 12.6 Å². The molecule has 0 spiro atoms. The van der Waals surface area contributed by atoms with Gasteiger partial charge in [0.05, 0.1) is 0 Å². The van der Waals surface area contributed by atoms with Crippen LogP contribution in [-0.4, -0.2) is 6.47 Å². The first kappa shape index (κ1) is 7.15. The Morgan fingerprint density at radius 3 is 2.70 bits per heavy atom. The average molecular weight is 154 g/mol. The van der Waals surface area contributed by atoms with Gasteiger partial charge in [-0.1, -0.05) is 12.1 Å². The molecule has 0 aliphatic carbocycles. The number of thiol groups is 1. The number of benzene rings is 1. The second-order valence-electron chi connectivity index (χ2n) is 1.68. The van der Waals surface area contributed by atoms with Crippen LogP contribution in [0.25, 0.3) is 0 Å². The molecule has 0 aliphatic rings. The number of carbonyl (C=O) groups is 1. The molecule has 1 aromatic carbocycles. The third-order valence-electron chi connectivity index (χ3n) is 1.04. The molecule has 0 aliphatic heterocycles. The van der Waals surface area contributed by atoms with E-state index in [2.05, 4.69) is 17.4 Å². The molecule has 0 bridgehead atoms. The minimum Gasteiger partial charge on any atom is -0.428 e. The number of hydrogen-bond donors (Lipinski definition) is 1. The van der Waals surface area contributed by atoms with E-state index >= 15 is 0 Å². The maximum absolute atomic E-state index is 9.87. The minimum atomic E-state index is 0.384. The van der Waals surface area contributed by atoms with Gasteiger partial charge in [0.1, 0.15) is 5.75 Å². The van der Waals surface area contributed by atoms with Gasteiger partial charge < -0.3 is 4.74 Å². The molecule has 0 saturated heterocycles. The monoisotopic (exact) mass is 154 g/mol. The van der Waals surface area contributed by atoms with E-state index in [9.17, 15) is 4.79 Å². The second kappa shape index (κ2) is 3.27. The average Bonchev–Trinajstić information content (AvgIpc) is 1.94. The minimum absolute atomic E-state index is 0.384. The van der Waals surface area contributed by atoms with E-state index in [-0.39, 0.29) is 0 Å². The van der Waals surface area contributed by atoms with Crippen molar-refractivity contribution in [3.8, 4) is 5.75 Å². The molecule has 0 atom stereocenters. The molecule has 1 aromatic rings. The van der Waals surface area contributed by atoms with Gasteiger partial charge in [-0.25, -0.2) is 0 Å². The van der Waals surface area contributed by atoms with Gasteiger partial charge in [0.15, 0.2) is 0 Å². The van der Waals surface area contributed by atoms with Gasteiger partial charge in [-0.3, -0.25) is 4.79 Å². The Labute approximate surface area is 64.2 Å². The molecule has 52 valence electrons. The summed E-state index contributed by atoms with van der Waals surface area (Å²) in [6.45, 7) is 0.384. The molecule has 0 saturated carbocycles. The van der Waals surface area contributed by atoms with Gasteiger partial charge >= 0.3 is 0 Å². The number of hydrogen-bond acceptors (Lipinski definition) is 3. The predicted octanol–water partition coefficient (Wildman–Crippen LogP) is 1.51. The molecule has 10 heavy (non-hydrogen) atoms. The smallest absolute Gasteiger partial charge is 0.298 e. The quantitative estimate of drug-likeness (QED) is 0.516. The Balaban J connectivity index is 2.91. The molecule has 0 heterocycles. The first-order valence-corrected chi connectivity index (χ1v) is 3.17. The maximum Gasteiger partial charge on any atom is 0.298 e. The topological polar surface area (TPSA) is 26.3 Å². The zero-order valence-electron chi connectivity index (χ0n) is 5.15. The number of rotatable bonds is 2. The standard InChI is InChI=1S/C7H6O2S/c8-5-9-6-3-1-2-4-7(6)10/h1-5,10H. The maximum atomic E-state index is 9.87. The van der Waals surface area contributed by atoms with Crippen molar-refractivity contribution in [1.29, 1.82) is 0 Å². The van der Waals surface area contributed by atoms with Gasteiger partial charge in [0.25, 0.3) is 6.47 Å². The molecular formula is C7H6O2S. The lowest BCUT2D eigenvalue weighted by Crippen LogP contribution is -1.88. The van der Waals surface area contributed by atoms with Crippen molar-refractivity contribution in [2.45, 2.75) is 4.90 Å². The summed E-state index contributed by atoms with van der Waals surface area (Å²) in [7, 11) is 0. The van der Waals surface area contributed by atoms with Gasteiger partial charge in [0.2, 0.25) is 0 Å². The lowest BCUT2D eigenvalue weighted by atomic mass is 10.3. The molecule has 0 radical (unpaired) electrons. The van der Waals surface area contributed by atoms with Crippen LogP contribution in [0.4, 0.5) is 0 Å². The summed E-state index contributed by atoms with van der Waals surface area (Å²) in [5, 5.41) is 0. The second-order valence-corrected chi connectivity index (χ2v) is 2.16. The highest BCUT2D eigenvalue weighted by molar-refractivity contribution is 7.80. The Hall–Kier alpha value is -0.960. The molecular weight excluding hydrogens is 148 g/mol. The Morgan fingerprint density at radius 2 is 2.10 bits per heavy atom. The normalized spacial score (nSPS) is 8.90. The van der Waals surface area contributed by atoms with Crippen LogP contribution in [0.3, 0.4) is 0 Å². The van der Waals surface area contributed by atoms with Gasteiger partial charge in [-0.15, -0.1) is 12.6 Å². The summed E-state index contributed by atoms with van der Waals surface area (Å²) in [5.41, 5.74) is 0. The molecule has 2 nitrogen and oxygen atoms in total. The van der Waals surface area contributed by atoms with E-state index < -0.39 is 0 Å². The van der Waals surface area contributed by atoms with Crippen molar-refractivity contribution in [3.05, 3.63) is 24.3 Å². The fraction of sp³-hybridized carbons (Fsp3) is 0. The van der Waals surface area contributed by atoms with Crippen molar-refractivity contribution >= 4 is 19.1 Å². The zero-order chi connectivity index (χ0) is 7.40. The number of ether oxygens (including phenoxy) is 1. The summed E-state index contributed by atoms with van der Waals surface area (Å²) in [5.74, 6) is 0.487. The first-order valence-electron chi connectivity index (χ1n) is 2.73. The molecule has 0 aromatic heterocycles. The summed E-state index contributed by atoms with van der Waals surface area (Å²) < 4.78 is 4.58. The van der Waals surface area contributed by atoms with E-state index in [1.165, 1.54) is 0 Å². The van der Waals surface area contributed by atoms with Crippen LogP contribution in [0.2, 0.25) is 0 Å². The molecule has 3 heteroatoms. The van der Waals surface area contributed by atoms with Crippen LogP contribution < -0.4 is 4.74 Å². The van der Waals surface area contributed by atoms with E-state index in [0.29, 0.717) is 17.1 Å². The van der Waals surface area contributed by atoms with Crippen molar-refractivity contribution < 1.29 is 9.53 Å². The fourth-order valence-electron chi connectivity index (χ4n) is 0.609. The SMILES string of the molecule is O=COc1ccccc1S. The Bertz CT molecular complexity index is 235. The lowest BCUT2D eigenvalue weighted by Gasteiger charge is -1.98. The molecule has 1 rings (SSSR count). The highest BCUT2D eigenvalue weighted by Crippen LogP contribution is 2.20. The van der Waals surface area contributed by atoms with Crippen LogP contribution in [0, 0.1) is 0 Å². The van der Waals surface area contributed by atoms with Crippen molar-refractivity contribution in [2.24, 2.45) is 0 Å². The summed E-state index contributed by atoms with van der Waals surface area (Å²) >= 11 is 4.05. The Kier molecular flexibility index (Phi) is 2.34. The van der Waals surface area contributed by atoms with E-state index in [1.807, 2.05) is 6.07 Å². The Morgan fingerprint density at radius 1 is 1.40 bits per heavy atom. The van der Waals surface area contributed by atoms with Crippen LogP contribution in [-0.2, 0) is 4.79 Å². The summed E-state index contributed by atoms with van der Waals surface area (Å²) in [4.78, 5) is 10.5. The third-order valence-corrected chi connectivity index (χ3v) is 1.41. The predicted molar refractivity (Wildman–Crippen MR) is 40.4 cm³/mol. The fourth-order valence-corrected chi connectivity index (χ4v) is 0.822. The molecule has 0 amide bonds. The first-order chi connectivity index (χ1) is 4.84. The van der Waals surface area contributed by atoms with Crippen molar-refractivity contribution in [3.63, 3.8) is 0 Å².